The number of aromatic amines is 2. The molecule has 2 saturated heterocycles. The molecule has 0 saturated carbocycles. The molecule has 0 spiro atoms. The van der Waals surface area contributed by atoms with Crippen LogP contribution in [0.3, 0.4) is 0 Å². The molecule has 0 radical (unpaired) electrons. The SMILES string of the molecule is O=C1NC(=O)C(=Cc2nn(-c3ccccc3)c3oc4c(=O)c5[nH]c6c(C=C7C(=O)NC(=O)NC7=O)nn(-c7ccccc7)c6oc5c(=O)c4[nH]c23)C(=O)N1. The molecule has 0 atom stereocenters. The zero-order valence-electron chi connectivity index (χ0n) is 26.8. The predicted octanol–water partition coefficient (Wildman–Crippen LogP) is 1.29. The molecule has 6 heterocycles. The highest BCUT2D eigenvalue weighted by Crippen LogP contribution is 2.28. The lowest BCUT2D eigenvalue weighted by Crippen LogP contribution is -2.51. The first kappa shape index (κ1) is 31.6. The van der Waals surface area contributed by atoms with Gasteiger partial charge in [-0.2, -0.15) is 19.6 Å². The number of para-hydroxylation sites is 2. The topological polar surface area (TPSA) is 278 Å². The number of urea groups is 2. The number of amides is 8. The number of nitrogens with zero attached hydrogens (tertiary/aromatic N) is 4. The maximum absolute atomic E-state index is 14.2. The molecular weight excluding hydrogens is 708 g/mol. The Labute approximate surface area is 295 Å². The van der Waals surface area contributed by atoms with E-state index in [1.165, 1.54) is 9.36 Å². The number of benzene rings is 3. The molecule has 7 aromatic rings. The van der Waals surface area contributed by atoms with E-state index >= 15 is 0 Å². The number of barbiturate groups is 2. The number of nitrogens with one attached hydrogen (secondary N) is 6. The summed E-state index contributed by atoms with van der Waals surface area (Å²) in [5.41, 5.74) is -3.88. The minimum Gasteiger partial charge on any atom is -0.430 e. The molecule has 0 bridgehead atoms. The third-order valence-corrected chi connectivity index (χ3v) is 8.41. The van der Waals surface area contributed by atoms with Gasteiger partial charge in [0.25, 0.3) is 34.5 Å². The molecule has 2 aliphatic heterocycles. The van der Waals surface area contributed by atoms with Crippen molar-refractivity contribution in [3.63, 3.8) is 0 Å². The Balaban J connectivity index is 1.33. The molecule has 54 heavy (non-hydrogen) atoms. The third-order valence-electron chi connectivity index (χ3n) is 8.41. The van der Waals surface area contributed by atoms with Gasteiger partial charge in [-0.1, -0.05) is 36.4 Å². The molecule has 3 aromatic carbocycles. The Hall–Kier alpha value is -8.42. The summed E-state index contributed by atoms with van der Waals surface area (Å²) in [6, 6.07) is 14.9. The molecule has 0 unspecified atom stereocenters. The van der Waals surface area contributed by atoms with Crippen LogP contribution in [-0.2, 0) is 19.2 Å². The number of H-pyrrole nitrogens is 2. The van der Waals surface area contributed by atoms with Gasteiger partial charge in [-0.3, -0.25) is 50.0 Å². The van der Waals surface area contributed by atoms with Crippen molar-refractivity contribution in [3.05, 3.63) is 104 Å². The summed E-state index contributed by atoms with van der Waals surface area (Å²) in [7, 11) is 0. The maximum atomic E-state index is 14.2. The van der Waals surface area contributed by atoms with Gasteiger partial charge in [0.15, 0.2) is 0 Å². The fourth-order valence-corrected chi connectivity index (χ4v) is 5.96. The monoisotopic (exact) mass is 726 g/mol. The zero-order valence-corrected chi connectivity index (χ0v) is 26.8. The van der Waals surface area contributed by atoms with Crippen LogP contribution in [0.15, 0.2) is 90.2 Å². The Morgan fingerprint density at radius 2 is 0.833 bits per heavy atom. The van der Waals surface area contributed by atoms with Gasteiger partial charge in [0.2, 0.25) is 22.6 Å². The molecule has 264 valence electrons. The smallest absolute Gasteiger partial charge is 0.328 e. The van der Waals surface area contributed by atoms with Crippen molar-refractivity contribution in [1.29, 1.82) is 0 Å². The summed E-state index contributed by atoms with van der Waals surface area (Å²) >= 11 is 0. The van der Waals surface area contributed by atoms with E-state index in [-0.39, 0.29) is 44.9 Å². The van der Waals surface area contributed by atoms with Gasteiger partial charge in [0, 0.05) is 0 Å². The fourth-order valence-electron chi connectivity index (χ4n) is 5.96. The van der Waals surface area contributed by atoms with Gasteiger partial charge in [-0.25, -0.2) is 9.59 Å². The lowest BCUT2D eigenvalue weighted by molar-refractivity contribution is -0.125. The van der Waals surface area contributed by atoms with E-state index in [0.29, 0.717) is 11.4 Å². The average molecular weight is 727 g/mol. The van der Waals surface area contributed by atoms with Crippen LogP contribution in [0, 0.1) is 0 Å². The van der Waals surface area contributed by atoms with Crippen molar-refractivity contribution in [2.45, 2.75) is 0 Å². The molecule has 4 aromatic heterocycles. The Morgan fingerprint density at radius 3 is 1.19 bits per heavy atom. The third kappa shape index (κ3) is 4.85. The van der Waals surface area contributed by atoms with Gasteiger partial charge in [0.05, 0.1) is 11.4 Å². The van der Waals surface area contributed by atoms with Crippen LogP contribution >= 0.6 is 0 Å². The number of rotatable bonds is 4. The highest BCUT2D eigenvalue weighted by Gasteiger charge is 2.31. The summed E-state index contributed by atoms with van der Waals surface area (Å²) in [5.74, 6) is -3.99. The molecular formula is C34H18N10O10. The van der Waals surface area contributed by atoms with Crippen molar-refractivity contribution in [2.24, 2.45) is 0 Å². The zero-order chi connectivity index (χ0) is 37.4. The first-order valence-corrected chi connectivity index (χ1v) is 15.7. The van der Waals surface area contributed by atoms with E-state index in [2.05, 4.69) is 20.2 Å². The molecule has 20 heteroatoms. The first-order valence-electron chi connectivity index (χ1n) is 15.7. The second-order valence-electron chi connectivity index (χ2n) is 11.7. The second-order valence-corrected chi connectivity index (χ2v) is 11.7. The summed E-state index contributed by atoms with van der Waals surface area (Å²) in [4.78, 5) is 108. The van der Waals surface area contributed by atoms with E-state index in [1.54, 1.807) is 60.7 Å². The molecule has 2 fully saturated rings. The molecule has 20 nitrogen and oxygen atoms in total. The van der Waals surface area contributed by atoms with Crippen molar-refractivity contribution < 1.29 is 37.6 Å². The highest BCUT2D eigenvalue weighted by molar-refractivity contribution is 6.32. The maximum Gasteiger partial charge on any atom is 0.328 e. The van der Waals surface area contributed by atoms with Crippen LogP contribution in [0.1, 0.15) is 11.4 Å². The van der Waals surface area contributed by atoms with E-state index < -0.39 is 68.9 Å². The Kier molecular flexibility index (Phi) is 6.75. The van der Waals surface area contributed by atoms with Gasteiger partial charge >= 0.3 is 12.1 Å². The summed E-state index contributed by atoms with van der Waals surface area (Å²) < 4.78 is 14.8. The normalized spacial score (nSPS) is 14.8. The van der Waals surface area contributed by atoms with Crippen LogP contribution in [0.2, 0.25) is 0 Å². The number of aromatic nitrogens is 6. The van der Waals surface area contributed by atoms with Crippen molar-refractivity contribution in [3.8, 4) is 11.4 Å². The molecule has 0 aliphatic carbocycles. The van der Waals surface area contributed by atoms with Crippen LogP contribution in [-0.4, -0.2) is 65.2 Å². The summed E-state index contributed by atoms with van der Waals surface area (Å²) in [6.45, 7) is 0. The van der Waals surface area contributed by atoms with Crippen LogP contribution in [0.25, 0.3) is 68.2 Å². The van der Waals surface area contributed by atoms with E-state index in [1.807, 2.05) is 21.3 Å². The largest absolute Gasteiger partial charge is 0.430 e. The van der Waals surface area contributed by atoms with E-state index in [4.69, 9.17) is 8.83 Å². The van der Waals surface area contributed by atoms with Crippen molar-refractivity contribution in [1.82, 2.24) is 50.8 Å². The molecule has 6 N–H and O–H groups in total. The van der Waals surface area contributed by atoms with Gasteiger partial charge < -0.3 is 18.8 Å². The molecule has 8 amide bonds. The quantitative estimate of drug-likeness (QED) is 0.0851. The molecule has 2 aliphatic rings. The lowest BCUT2D eigenvalue weighted by Gasteiger charge is -2.13. The Bertz CT molecular complexity index is 2850. The first-order chi connectivity index (χ1) is 26.0. The van der Waals surface area contributed by atoms with Gasteiger partial charge in [-0.15, -0.1) is 0 Å². The molecule has 9 rings (SSSR count). The average Bonchev–Trinajstić information content (AvgIpc) is 3.70. The minimum absolute atomic E-state index is 0.0111. The van der Waals surface area contributed by atoms with Crippen LogP contribution in [0.5, 0.6) is 0 Å². The number of carbonyl (C=O) groups excluding carboxylic acids is 6. The predicted molar refractivity (Wildman–Crippen MR) is 185 cm³/mol. The van der Waals surface area contributed by atoms with Gasteiger partial charge in [-0.05, 0) is 36.4 Å². The van der Waals surface area contributed by atoms with E-state index in [9.17, 15) is 38.4 Å². The lowest BCUT2D eigenvalue weighted by atomic mass is 10.1. The Morgan fingerprint density at radius 1 is 0.481 bits per heavy atom. The van der Waals surface area contributed by atoms with Crippen molar-refractivity contribution in [2.75, 3.05) is 0 Å². The van der Waals surface area contributed by atoms with E-state index in [0.717, 1.165) is 12.2 Å². The standard InChI is InChI=1S/C34H18N10O10/c45-23-22-26(54-32-20(36-22)18(42-44(32)14-9-5-2-6-10-14)12-16-29(49)39-34(52)40-30(16)50)24(46)21-25(23)53-31-19(35-21)17(41-43(31)13-7-3-1-4-8-13)11-15-27(47)37-33(51)38-28(15)48/h1-12,35-36H,(H2,37,38,47,48,51)(H2,39,40,49,50,52). The number of carbonyl (C=O) groups is 6. The van der Waals surface area contributed by atoms with Crippen LogP contribution < -0.4 is 32.1 Å². The highest BCUT2D eigenvalue weighted by atomic mass is 16.4. The number of fused-ring (bicyclic) bond motifs is 4. The summed E-state index contributed by atoms with van der Waals surface area (Å²) in [5, 5.41) is 16.9. The van der Waals surface area contributed by atoms with Gasteiger partial charge in [0.1, 0.15) is 44.6 Å². The fraction of sp³-hybridized carbons (Fsp3) is 0. The number of hydrogen-bond acceptors (Lipinski definition) is 12. The second kappa shape index (κ2) is 11.6. The van der Waals surface area contributed by atoms with Crippen molar-refractivity contribution >= 4 is 92.5 Å². The number of hydrogen-bond donors (Lipinski definition) is 6. The van der Waals surface area contributed by atoms with Crippen LogP contribution in [0.4, 0.5) is 9.59 Å². The summed E-state index contributed by atoms with van der Waals surface area (Å²) in [6.07, 6.45) is 2.17. The minimum atomic E-state index is -1.01. The number of imide groups is 4.